The number of nitrogens with zero attached hydrogens (tertiary/aromatic N) is 2. The number of alkyl halides is 1. The number of aryl methyl sites for hydroxylation is 1. The Bertz CT molecular complexity index is 817. The van der Waals surface area contributed by atoms with E-state index in [2.05, 4.69) is 10.4 Å². The summed E-state index contributed by atoms with van der Waals surface area (Å²) in [6, 6.07) is 4.37. The summed E-state index contributed by atoms with van der Waals surface area (Å²) >= 11 is 0. The van der Waals surface area contributed by atoms with Crippen molar-refractivity contribution in [2.45, 2.75) is 37.8 Å². The van der Waals surface area contributed by atoms with Gasteiger partial charge in [-0.1, -0.05) is 0 Å². The van der Waals surface area contributed by atoms with Gasteiger partial charge in [0.05, 0.1) is 11.6 Å². The summed E-state index contributed by atoms with van der Waals surface area (Å²) in [5.74, 6) is -0.968. The molecule has 2 aromatic rings. The fraction of sp³-hybridized carbons (Fsp3) is 0.412. The lowest BCUT2D eigenvalue weighted by molar-refractivity contribution is 0.0859. The zero-order valence-corrected chi connectivity index (χ0v) is 13.1. The molecule has 0 fully saturated rings. The molecule has 0 amide bonds. The van der Waals surface area contributed by atoms with Gasteiger partial charge >= 0.3 is 0 Å². The van der Waals surface area contributed by atoms with E-state index in [1.165, 1.54) is 16.8 Å². The van der Waals surface area contributed by atoms with Crippen LogP contribution in [0.5, 0.6) is 0 Å². The third-order valence-corrected chi connectivity index (χ3v) is 4.87. The predicted molar refractivity (Wildman–Crippen MR) is 86.4 cm³/mol. The number of rotatable bonds is 1. The maximum atomic E-state index is 13.6. The van der Waals surface area contributed by atoms with E-state index >= 15 is 0 Å². The lowest BCUT2D eigenvalue weighted by Gasteiger charge is -2.25. The first-order valence-corrected chi connectivity index (χ1v) is 8.12. The average Bonchev–Trinajstić information content (AvgIpc) is 2.90. The van der Waals surface area contributed by atoms with Crippen LogP contribution in [0.4, 0.5) is 20.3 Å². The van der Waals surface area contributed by atoms with E-state index in [1.807, 2.05) is 0 Å². The van der Waals surface area contributed by atoms with Crippen molar-refractivity contribution >= 4 is 17.4 Å². The number of halogens is 2. The minimum absolute atomic E-state index is 0.200. The molecule has 7 heteroatoms. The Kier molecular flexibility index (Phi) is 3.51. The number of carbonyl (C=O) groups excluding carboxylic acids is 1. The van der Waals surface area contributed by atoms with Crippen molar-refractivity contribution in [3.8, 4) is 0 Å². The molecule has 1 aliphatic carbocycles. The SMILES string of the molecule is Nc1c2c(nn1C(=O)C1CCNc3ccc(F)cc31)CCC(F)C2. The third-order valence-electron chi connectivity index (χ3n) is 4.87. The predicted octanol–water partition coefficient (Wildman–Crippen LogP) is 2.67. The van der Waals surface area contributed by atoms with Gasteiger partial charge in [0.25, 0.3) is 5.91 Å². The van der Waals surface area contributed by atoms with Crippen LogP contribution in [0.25, 0.3) is 0 Å². The molecule has 0 bridgehead atoms. The number of carbonyl (C=O) groups is 1. The second-order valence-corrected chi connectivity index (χ2v) is 6.40. The quantitative estimate of drug-likeness (QED) is 0.842. The van der Waals surface area contributed by atoms with Gasteiger partial charge in [0.2, 0.25) is 0 Å². The number of fused-ring (bicyclic) bond motifs is 2. The Morgan fingerprint density at radius 2 is 2.21 bits per heavy atom. The van der Waals surface area contributed by atoms with E-state index < -0.39 is 12.1 Å². The maximum absolute atomic E-state index is 13.6. The maximum Gasteiger partial charge on any atom is 0.256 e. The van der Waals surface area contributed by atoms with Crippen molar-refractivity contribution in [3.05, 3.63) is 40.8 Å². The Morgan fingerprint density at radius 1 is 1.38 bits per heavy atom. The van der Waals surface area contributed by atoms with E-state index in [1.54, 1.807) is 6.07 Å². The van der Waals surface area contributed by atoms with Crippen LogP contribution in [-0.2, 0) is 12.8 Å². The first-order chi connectivity index (χ1) is 11.5. The molecule has 2 aliphatic rings. The van der Waals surface area contributed by atoms with E-state index in [0.29, 0.717) is 42.6 Å². The van der Waals surface area contributed by atoms with Gasteiger partial charge in [0.1, 0.15) is 17.8 Å². The van der Waals surface area contributed by atoms with Crippen LogP contribution in [0.3, 0.4) is 0 Å². The molecule has 3 N–H and O–H groups in total. The molecule has 0 saturated heterocycles. The van der Waals surface area contributed by atoms with Gasteiger partial charge in [0.15, 0.2) is 0 Å². The molecule has 0 saturated carbocycles. The van der Waals surface area contributed by atoms with E-state index in [0.717, 1.165) is 5.69 Å². The highest BCUT2D eigenvalue weighted by molar-refractivity contribution is 5.90. The van der Waals surface area contributed by atoms with Crippen molar-refractivity contribution in [1.29, 1.82) is 0 Å². The molecule has 4 rings (SSSR count). The van der Waals surface area contributed by atoms with Gasteiger partial charge in [-0.05, 0) is 43.0 Å². The number of hydrogen-bond acceptors (Lipinski definition) is 4. The summed E-state index contributed by atoms with van der Waals surface area (Å²) in [6.07, 6.45) is 0.676. The second-order valence-electron chi connectivity index (χ2n) is 6.40. The van der Waals surface area contributed by atoms with Crippen LogP contribution < -0.4 is 11.1 Å². The first-order valence-electron chi connectivity index (χ1n) is 8.12. The van der Waals surface area contributed by atoms with Gasteiger partial charge in [-0.2, -0.15) is 9.78 Å². The molecule has 1 aromatic carbocycles. The summed E-state index contributed by atoms with van der Waals surface area (Å²) in [5.41, 5.74) is 8.76. The summed E-state index contributed by atoms with van der Waals surface area (Å²) in [7, 11) is 0. The van der Waals surface area contributed by atoms with E-state index in [-0.39, 0.29) is 24.0 Å². The zero-order valence-electron chi connectivity index (χ0n) is 13.1. The lowest BCUT2D eigenvalue weighted by Crippen LogP contribution is -2.28. The molecule has 5 nitrogen and oxygen atoms in total. The van der Waals surface area contributed by atoms with Crippen molar-refractivity contribution in [1.82, 2.24) is 9.78 Å². The van der Waals surface area contributed by atoms with Crippen molar-refractivity contribution in [2.75, 3.05) is 17.6 Å². The fourth-order valence-electron chi connectivity index (χ4n) is 3.61. The van der Waals surface area contributed by atoms with Crippen LogP contribution in [0, 0.1) is 5.82 Å². The number of nitrogen functional groups attached to an aromatic ring is 1. The van der Waals surface area contributed by atoms with E-state index in [9.17, 15) is 13.6 Å². The Morgan fingerprint density at radius 3 is 3.04 bits per heavy atom. The summed E-state index contributed by atoms with van der Waals surface area (Å²) in [4.78, 5) is 13.0. The van der Waals surface area contributed by atoms with Gasteiger partial charge in [-0.15, -0.1) is 0 Å². The molecule has 0 radical (unpaired) electrons. The molecule has 126 valence electrons. The highest BCUT2D eigenvalue weighted by Crippen LogP contribution is 2.35. The van der Waals surface area contributed by atoms with Gasteiger partial charge in [-0.3, -0.25) is 4.79 Å². The molecular weight excluding hydrogens is 314 g/mol. The molecule has 2 heterocycles. The molecule has 1 aliphatic heterocycles. The molecular formula is C17H18F2N4O. The summed E-state index contributed by atoms with van der Waals surface area (Å²) in [6.45, 7) is 0.614. The molecule has 2 atom stereocenters. The fourth-order valence-corrected chi connectivity index (χ4v) is 3.61. The first kappa shape index (κ1) is 15.1. The van der Waals surface area contributed by atoms with Crippen LogP contribution in [0.2, 0.25) is 0 Å². The van der Waals surface area contributed by atoms with Crippen LogP contribution in [0.1, 0.15) is 40.4 Å². The number of anilines is 2. The Hall–Kier alpha value is -2.44. The Labute approximate surface area is 137 Å². The number of nitrogens with two attached hydrogens (primary N) is 1. The minimum Gasteiger partial charge on any atom is -0.385 e. The second kappa shape index (κ2) is 5.58. The van der Waals surface area contributed by atoms with Gasteiger partial charge < -0.3 is 11.1 Å². The minimum atomic E-state index is -0.943. The van der Waals surface area contributed by atoms with Gasteiger partial charge in [-0.25, -0.2) is 8.78 Å². The largest absolute Gasteiger partial charge is 0.385 e. The number of nitrogens with one attached hydrogen (secondary N) is 1. The van der Waals surface area contributed by atoms with Crippen molar-refractivity contribution < 1.29 is 13.6 Å². The number of benzene rings is 1. The zero-order chi connectivity index (χ0) is 16.8. The van der Waals surface area contributed by atoms with Crippen LogP contribution in [-0.4, -0.2) is 28.4 Å². The highest BCUT2D eigenvalue weighted by atomic mass is 19.1. The smallest absolute Gasteiger partial charge is 0.256 e. The number of aromatic nitrogens is 2. The van der Waals surface area contributed by atoms with Crippen molar-refractivity contribution in [3.63, 3.8) is 0 Å². The Balaban J connectivity index is 1.72. The van der Waals surface area contributed by atoms with Crippen LogP contribution in [0.15, 0.2) is 18.2 Å². The summed E-state index contributed by atoms with van der Waals surface area (Å²) < 4.78 is 28.4. The average molecular weight is 332 g/mol. The van der Waals surface area contributed by atoms with Crippen LogP contribution >= 0.6 is 0 Å². The molecule has 2 unspecified atom stereocenters. The van der Waals surface area contributed by atoms with Gasteiger partial charge in [0, 0.05) is 24.2 Å². The monoisotopic (exact) mass is 332 g/mol. The number of hydrogen-bond donors (Lipinski definition) is 2. The third kappa shape index (κ3) is 2.35. The standard InChI is InChI=1S/C17H18F2N4O/c18-9-1-3-14-12(7-9)11(5-6-21-14)17(24)23-16(20)13-8-10(19)2-4-15(13)22-23/h1,3,7,10-11,21H,2,4-6,8,20H2. The molecule has 1 aromatic heterocycles. The highest BCUT2D eigenvalue weighted by Gasteiger charge is 2.32. The summed E-state index contributed by atoms with van der Waals surface area (Å²) in [5, 5.41) is 7.48. The topological polar surface area (TPSA) is 72.9 Å². The van der Waals surface area contributed by atoms with E-state index in [4.69, 9.17) is 5.73 Å². The normalized spacial score (nSPS) is 22.4. The lowest BCUT2D eigenvalue weighted by atomic mass is 9.90. The molecule has 24 heavy (non-hydrogen) atoms. The van der Waals surface area contributed by atoms with Crippen molar-refractivity contribution in [2.24, 2.45) is 0 Å². The molecule has 0 spiro atoms.